The molecule has 1 aromatic heterocycles. The summed E-state index contributed by atoms with van der Waals surface area (Å²) in [6.45, 7) is 4.82. The molecule has 0 aliphatic carbocycles. The Balaban J connectivity index is 2.13. The van der Waals surface area contributed by atoms with Crippen LogP contribution in [-0.2, 0) is 0 Å². The number of nitrogens with two attached hydrogens (primary N) is 1. The fourth-order valence-corrected chi connectivity index (χ4v) is 1.96. The lowest BCUT2D eigenvalue weighted by molar-refractivity contribution is 0.623. The number of halogens is 1. The second kappa shape index (κ2) is 6.88. The SMILES string of the molecule is CCCNc1cc(NC(C)c2cccc(F)c2)nc(N)n1. The van der Waals surface area contributed by atoms with Gasteiger partial charge in [-0.15, -0.1) is 0 Å². The minimum Gasteiger partial charge on any atom is -0.370 e. The van der Waals surface area contributed by atoms with Crippen molar-refractivity contribution >= 4 is 17.6 Å². The van der Waals surface area contributed by atoms with Crippen LogP contribution in [0.3, 0.4) is 0 Å². The molecule has 1 unspecified atom stereocenters. The number of rotatable bonds is 6. The van der Waals surface area contributed by atoms with E-state index in [9.17, 15) is 4.39 Å². The number of hydrogen-bond donors (Lipinski definition) is 3. The van der Waals surface area contributed by atoms with Crippen molar-refractivity contribution in [2.75, 3.05) is 22.9 Å². The molecule has 2 aromatic rings. The quantitative estimate of drug-likeness (QED) is 0.761. The Morgan fingerprint density at radius 1 is 1.24 bits per heavy atom. The van der Waals surface area contributed by atoms with E-state index in [2.05, 4.69) is 27.5 Å². The molecular weight excluding hydrogens is 269 g/mol. The number of aromatic nitrogens is 2. The van der Waals surface area contributed by atoms with E-state index in [4.69, 9.17) is 5.73 Å². The predicted molar refractivity (Wildman–Crippen MR) is 83.7 cm³/mol. The van der Waals surface area contributed by atoms with Crippen molar-refractivity contribution in [2.24, 2.45) is 0 Å². The van der Waals surface area contributed by atoms with Gasteiger partial charge in [0.2, 0.25) is 5.95 Å². The van der Waals surface area contributed by atoms with Gasteiger partial charge < -0.3 is 16.4 Å². The first kappa shape index (κ1) is 15.0. The summed E-state index contributed by atoms with van der Waals surface area (Å²) < 4.78 is 13.3. The van der Waals surface area contributed by atoms with Crippen molar-refractivity contribution in [3.63, 3.8) is 0 Å². The zero-order chi connectivity index (χ0) is 15.2. The van der Waals surface area contributed by atoms with Gasteiger partial charge in [0.05, 0.1) is 6.04 Å². The number of nitrogens with zero attached hydrogens (tertiary/aromatic N) is 2. The van der Waals surface area contributed by atoms with E-state index in [1.807, 2.05) is 13.0 Å². The van der Waals surface area contributed by atoms with Gasteiger partial charge in [0, 0.05) is 12.6 Å². The third-order valence-corrected chi connectivity index (χ3v) is 3.01. The maximum absolute atomic E-state index is 13.3. The highest BCUT2D eigenvalue weighted by molar-refractivity contribution is 5.52. The van der Waals surface area contributed by atoms with Crippen molar-refractivity contribution in [1.82, 2.24) is 9.97 Å². The van der Waals surface area contributed by atoms with Crippen LogP contribution < -0.4 is 16.4 Å². The number of nitrogens with one attached hydrogen (secondary N) is 2. The van der Waals surface area contributed by atoms with Crippen molar-refractivity contribution in [3.05, 3.63) is 41.7 Å². The van der Waals surface area contributed by atoms with E-state index in [1.54, 1.807) is 12.1 Å². The second-order valence-corrected chi connectivity index (χ2v) is 4.84. The van der Waals surface area contributed by atoms with Gasteiger partial charge in [-0.25, -0.2) is 4.39 Å². The number of benzene rings is 1. The molecule has 1 aromatic carbocycles. The molecule has 5 nitrogen and oxygen atoms in total. The standard InChI is InChI=1S/C15H20FN5/c1-3-7-18-13-9-14(21-15(17)20-13)19-10(2)11-5-4-6-12(16)8-11/h4-6,8-10H,3,7H2,1-2H3,(H4,17,18,19,20,21). The summed E-state index contributed by atoms with van der Waals surface area (Å²) in [6.07, 6.45) is 0.992. The smallest absolute Gasteiger partial charge is 0.223 e. The average Bonchev–Trinajstić information content (AvgIpc) is 2.44. The Labute approximate surface area is 123 Å². The van der Waals surface area contributed by atoms with Crippen LogP contribution in [0.1, 0.15) is 31.9 Å². The van der Waals surface area contributed by atoms with Gasteiger partial charge in [-0.05, 0) is 31.0 Å². The van der Waals surface area contributed by atoms with Crippen LogP contribution in [0.15, 0.2) is 30.3 Å². The second-order valence-electron chi connectivity index (χ2n) is 4.84. The summed E-state index contributed by atoms with van der Waals surface area (Å²) in [5.41, 5.74) is 6.55. The summed E-state index contributed by atoms with van der Waals surface area (Å²) in [7, 11) is 0. The highest BCUT2D eigenvalue weighted by Gasteiger charge is 2.09. The van der Waals surface area contributed by atoms with Crippen molar-refractivity contribution < 1.29 is 4.39 Å². The molecular formula is C15H20FN5. The lowest BCUT2D eigenvalue weighted by Crippen LogP contribution is -2.11. The Morgan fingerprint density at radius 3 is 2.71 bits per heavy atom. The van der Waals surface area contributed by atoms with Gasteiger partial charge >= 0.3 is 0 Å². The molecule has 112 valence electrons. The Hall–Kier alpha value is -2.37. The van der Waals surface area contributed by atoms with Crippen LogP contribution in [0.25, 0.3) is 0 Å². The summed E-state index contributed by atoms with van der Waals surface area (Å²) in [5, 5.41) is 6.37. The van der Waals surface area contributed by atoms with Crippen LogP contribution in [-0.4, -0.2) is 16.5 Å². The van der Waals surface area contributed by atoms with Crippen LogP contribution in [0.2, 0.25) is 0 Å². The molecule has 0 saturated heterocycles. The third kappa shape index (κ3) is 4.30. The van der Waals surface area contributed by atoms with Crippen molar-refractivity contribution in [1.29, 1.82) is 0 Å². The van der Waals surface area contributed by atoms with E-state index in [-0.39, 0.29) is 17.8 Å². The average molecular weight is 289 g/mol. The molecule has 0 amide bonds. The Morgan fingerprint density at radius 2 is 2.00 bits per heavy atom. The molecule has 6 heteroatoms. The maximum Gasteiger partial charge on any atom is 0.223 e. The van der Waals surface area contributed by atoms with Crippen LogP contribution in [0, 0.1) is 5.82 Å². The topological polar surface area (TPSA) is 75.9 Å². The van der Waals surface area contributed by atoms with Gasteiger partial charge in [-0.3, -0.25) is 0 Å². The van der Waals surface area contributed by atoms with Gasteiger partial charge in [0.15, 0.2) is 0 Å². The first-order valence-electron chi connectivity index (χ1n) is 6.99. The molecule has 2 rings (SSSR count). The normalized spacial score (nSPS) is 12.0. The number of nitrogen functional groups attached to an aromatic ring is 1. The molecule has 0 spiro atoms. The van der Waals surface area contributed by atoms with Crippen molar-refractivity contribution in [3.8, 4) is 0 Å². The predicted octanol–water partition coefficient (Wildman–Crippen LogP) is 3.19. The van der Waals surface area contributed by atoms with E-state index in [1.165, 1.54) is 12.1 Å². The molecule has 1 atom stereocenters. The van der Waals surface area contributed by atoms with Gasteiger partial charge in [0.25, 0.3) is 0 Å². The highest BCUT2D eigenvalue weighted by atomic mass is 19.1. The number of hydrogen-bond acceptors (Lipinski definition) is 5. The molecule has 1 heterocycles. The zero-order valence-electron chi connectivity index (χ0n) is 12.2. The summed E-state index contributed by atoms with van der Waals surface area (Å²) in [5.74, 6) is 1.23. The monoisotopic (exact) mass is 289 g/mol. The van der Waals surface area contributed by atoms with E-state index in [0.717, 1.165) is 18.5 Å². The highest BCUT2D eigenvalue weighted by Crippen LogP contribution is 2.20. The van der Waals surface area contributed by atoms with Crippen LogP contribution >= 0.6 is 0 Å². The van der Waals surface area contributed by atoms with Crippen molar-refractivity contribution in [2.45, 2.75) is 26.3 Å². The fraction of sp³-hybridized carbons (Fsp3) is 0.333. The molecule has 21 heavy (non-hydrogen) atoms. The molecule has 4 N–H and O–H groups in total. The Kier molecular flexibility index (Phi) is 4.92. The zero-order valence-corrected chi connectivity index (χ0v) is 12.2. The maximum atomic E-state index is 13.3. The van der Waals surface area contributed by atoms with Gasteiger partial charge in [-0.2, -0.15) is 9.97 Å². The Bertz CT molecular complexity index is 602. The molecule has 0 aliphatic heterocycles. The van der Waals surface area contributed by atoms with Gasteiger partial charge in [-0.1, -0.05) is 19.1 Å². The van der Waals surface area contributed by atoms with Crippen LogP contribution in [0.4, 0.5) is 22.0 Å². The van der Waals surface area contributed by atoms with E-state index >= 15 is 0 Å². The lowest BCUT2D eigenvalue weighted by Gasteiger charge is -2.16. The lowest BCUT2D eigenvalue weighted by atomic mass is 10.1. The molecule has 0 saturated carbocycles. The largest absolute Gasteiger partial charge is 0.370 e. The molecule has 0 aliphatic rings. The minimum atomic E-state index is -0.256. The summed E-state index contributed by atoms with van der Waals surface area (Å²) in [6, 6.07) is 8.17. The third-order valence-electron chi connectivity index (χ3n) is 3.01. The minimum absolute atomic E-state index is 0.0889. The molecule has 0 radical (unpaired) electrons. The van der Waals surface area contributed by atoms with E-state index < -0.39 is 0 Å². The first-order valence-corrected chi connectivity index (χ1v) is 6.99. The summed E-state index contributed by atoms with van der Waals surface area (Å²) in [4.78, 5) is 8.27. The van der Waals surface area contributed by atoms with Crippen LogP contribution in [0.5, 0.6) is 0 Å². The fourth-order valence-electron chi connectivity index (χ4n) is 1.96. The molecule has 0 fully saturated rings. The summed E-state index contributed by atoms with van der Waals surface area (Å²) >= 11 is 0. The van der Waals surface area contributed by atoms with Gasteiger partial charge in [0.1, 0.15) is 17.5 Å². The number of anilines is 3. The molecule has 0 bridgehead atoms. The first-order chi connectivity index (χ1) is 10.1. The van der Waals surface area contributed by atoms with E-state index in [0.29, 0.717) is 11.6 Å².